The molecule has 0 atom stereocenters. The van der Waals surface area contributed by atoms with E-state index in [0.29, 0.717) is 5.69 Å². The second kappa shape index (κ2) is 5.54. The minimum absolute atomic E-state index is 0.240. The van der Waals surface area contributed by atoms with Crippen LogP contribution in [0.4, 0.5) is 5.82 Å². The summed E-state index contributed by atoms with van der Waals surface area (Å²) in [5, 5.41) is 36.1. The normalized spacial score (nSPS) is 11.1. The maximum Gasteiger partial charge on any atom is 0.381 e. The van der Waals surface area contributed by atoms with Gasteiger partial charge in [-0.3, -0.25) is 0 Å². The van der Waals surface area contributed by atoms with Gasteiger partial charge in [0.05, 0.1) is 32.0 Å². The van der Waals surface area contributed by atoms with Crippen molar-refractivity contribution in [2.24, 2.45) is 0 Å². The van der Waals surface area contributed by atoms with Crippen LogP contribution in [0.2, 0.25) is 0 Å². The first-order valence-electron chi connectivity index (χ1n) is 5.42. The van der Waals surface area contributed by atoms with Crippen molar-refractivity contribution in [3.05, 3.63) is 34.5 Å². The van der Waals surface area contributed by atoms with Gasteiger partial charge in [-0.05, 0) is 9.91 Å². The lowest BCUT2D eigenvalue weighted by molar-refractivity contribution is -0.389. The molecule has 0 saturated heterocycles. The number of imidazole rings is 1. The van der Waals surface area contributed by atoms with E-state index in [-0.39, 0.29) is 25.6 Å². The highest BCUT2D eigenvalue weighted by Crippen LogP contribution is 2.09. The molecule has 0 unspecified atom stereocenters. The molecule has 0 aliphatic heterocycles. The lowest BCUT2D eigenvalue weighted by atomic mass is 10.3. The zero-order valence-corrected chi connectivity index (χ0v) is 9.82. The fourth-order valence-electron chi connectivity index (χ4n) is 1.51. The van der Waals surface area contributed by atoms with Gasteiger partial charge in [0.15, 0.2) is 0 Å². The van der Waals surface area contributed by atoms with E-state index in [1.165, 1.54) is 21.8 Å². The predicted molar refractivity (Wildman–Crippen MR) is 61.2 cm³/mol. The molecule has 19 heavy (non-hydrogen) atoms. The highest BCUT2D eigenvalue weighted by Gasteiger charge is 2.13. The van der Waals surface area contributed by atoms with Crippen LogP contribution in [0.1, 0.15) is 11.7 Å². The van der Waals surface area contributed by atoms with Gasteiger partial charge in [0.25, 0.3) is 0 Å². The van der Waals surface area contributed by atoms with Gasteiger partial charge < -0.3 is 24.9 Å². The maximum absolute atomic E-state index is 10.5. The Hall–Kier alpha value is -2.33. The van der Waals surface area contributed by atoms with Crippen molar-refractivity contribution in [1.29, 1.82) is 0 Å². The fraction of sp³-hybridized carbons (Fsp3) is 0.444. The Kier molecular flexibility index (Phi) is 3.82. The average molecular weight is 268 g/mol. The Labute approximate surface area is 107 Å². The predicted octanol–water partition coefficient (Wildman–Crippen LogP) is -1.04. The molecule has 10 nitrogen and oxygen atoms in total. The molecule has 2 rings (SSSR count). The monoisotopic (exact) mass is 268 g/mol. The topological polar surface area (TPSA) is 132 Å². The quantitative estimate of drug-likeness (QED) is 0.505. The van der Waals surface area contributed by atoms with Gasteiger partial charge >= 0.3 is 5.82 Å². The number of hydrogen-bond donors (Lipinski definition) is 2. The van der Waals surface area contributed by atoms with E-state index in [4.69, 9.17) is 10.2 Å². The first kappa shape index (κ1) is 13.1. The summed E-state index contributed by atoms with van der Waals surface area (Å²) in [6.07, 6.45) is 4.17. The number of rotatable bonds is 6. The third-order valence-corrected chi connectivity index (χ3v) is 2.50. The smallest absolute Gasteiger partial charge is 0.381 e. The van der Waals surface area contributed by atoms with Gasteiger partial charge in [-0.1, -0.05) is 5.21 Å². The van der Waals surface area contributed by atoms with Crippen LogP contribution in [0.25, 0.3) is 0 Å². The SMILES string of the molecule is O=[N+]([O-])c1cn(Cc2cn(C(CO)CO)nn2)cn1. The van der Waals surface area contributed by atoms with E-state index in [1.54, 1.807) is 6.20 Å². The molecule has 102 valence electrons. The molecule has 0 fully saturated rings. The van der Waals surface area contributed by atoms with E-state index < -0.39 is 11.0 Å². The molecule has 10 heteroatoms. The van der Waals surface area contributed by atoms with Crippen molar-refractivity contribution >= 4 is 5.82 Å². The molecule has 0 radical (unpaired) electrons. The Morgan fingerprint density at radius 1 is 1.37 bits per heavy atom. The molecule has 0 aromatic carbocycles. The zero-order valence-electron chi connectivity index (χ0n) is 9.82. The molecule has 0 bridgehead atoms. The summed E-state index contributed by atoms with van der Waals surface area (Å²) in [4.78, 5) is 13.5. The van der Waals surface area contributed by atoms with Gasteiger partial charge in [-0.15, -0.1) is 5.10 Å². The van der Waals surface area contributed by atoms with E-state index in [1.807, 2.05) is 0 Å². The minimum Gasteiger partial charge on any atom is -0.394 e. The van der Waals surface area contributed by atoms with Crippen LogP contribution < -0.4 is 0 Å². The number of aliphatic hydroxyl groups excluding tert-OH is 2. The van der Waals surface area contributed by atoms with E-state index >= 15 is 0 Å². The molecule has 0 aliphatic rings. The summed E-state index contributed by atoms with van der Waals surface area (Å²) < 4.78 is 2.85. The second-order valence-corrected chi connectivity index (χ2v) is 3.87. The molecule has 2 aromatic heterocycles. The summed E-state index contributed by atoms with van der Waals surface area (Å²) in [6.45, 7) is -0.240. The fourth-order valence-corrected chi connectivity index (χ4v) is 1.51. The highest BCUT2D eigenvalue weighted by molar-refractivity contribution is 5.13. The lowest BCUT2D eigenvalue weighted by Gasteiger charge is -2.09. The van der Waals surface area contributed by atoms with Gasteiger partial charge in [0.1, 0.15) is 11.9 Å². The summed E-state index contributed by atoms with van der Waals surface area (Å²) in [7, 11) is 0. The molecular weight excluding hydrogens is 256 g/mol. The van der Waals surface area contributed by atoms with Crippen molar-refractivity contribution in [1.82, 2.24) is 24.5 Å². The molecule has 0 spiro atoms. The third-order valence-electron chi connectivity index (χ3n) is 2.50. The highest BCUT2D eigenvalue weighted by atomic mass is 16.6. The largest absolute Gasteiger partial charge is 0.394 e. The summed E-state index contributed by atoms with van der Waals surface area (Å²) in [5.41, 5.74) is 0.541. The van der Waals surface area contributed by atoms with Crippen molar-refractivity contribution in [3.8, 4) is 0 Å². The first-order chi connectivity index (χ1) is 9.13. The number of hydrogen-bond acceptors (Lipinski definition) is 7. The van der Waals surface area contributed by atoms with Gasteiger partial charge in [-0.2, -0.15) is 0 Å². The van der Waals surface area contributed by atoms with Gasteiger partial charge in [-0.25, -0.2) is 4.68 Å². The minimum atomic E-state index is -0.582. The molecule has 0 saturated carbocycles. The summed E-state index contributed by atoms with van der Waals surface area (Å²) in [6, 6.07) is -0.543. The molecule has 2 heterocycles. The van der Waals surface area contributed by atoms with Crippen LogP contribution in [-0.2, 0) is 6.54 Å². The summed E-state index contributed by atoms with van der Waals surface area (Å²) in [5.74, 6) is -0.240. The van der Waals surface area contributed by atoms with Crippen molar-refractivity contribution in [2.75, 3.05) is 13.2 Å². The van der Waals surface area contributed by atoms with Crippen molar-refractivity contribution in [3.63, 3.8) is 0 Å². The standard InChI is InChI=1S/C9H12N6O4/c16-4-8(5-17)14-2-7(11-12-14)1-13-3-9(10-6-13)15(18)19/h2-3,6,8,16-17H,1,4-5H2. The Morgan fingerprint density at radius 2 is 2.11 bits per heavy atom. The summed E-state index contributed by atoms with van der Waals surface area (Å²) >= 11 is 0. The van der Waals surface area contributed by atoms with Crippen LogP contribution in [0.15, 0.2) is 18.7 Å². The average Bonchev–Trinajstić information content (AvgIpc) is 3.01. The molecule has 0 amide bonds. The van der Waals surface area contributed by atoms with Gasteiger partial charge in [0, 0.05) is 0 Å². The van der Waals surface area contributed by atoms with Gasteiger partial charge in [0.2, 0.25) is 6.33 Å². The zero-order chi connectivity index (χ0) is 13.8. The van der Waals surface area contributed by atoms with Crippen LogP contribution >= 0.6 is 0 Å². The first-order valence-corrected chi connectivity index (χ1v) is 5.42. The molecule has 2 aromatic rings. The van der Waals surface area contributed by atoms with Crippen molar-refractivity contribution in [2.45, 2.75) is 12.6 Å². The van der Waals surface area contributed by atoms with Crippen LogP contribution in [0.3, 0.4) is 0 Å². The maximum atomic E-state index is 10.5. The second-order valence-electron chi connectivity index (χ2n) is 3.87. The number of aromatic nitrogens is 5. The van der Waals surface area contributed by atoms with Crippen LogP contribution in [-0.4, -0.2) is 52.9 Å². The number of nitrogens with zero attached hydrogens (tertiary/aromatic N) is 6. The Morgan fingerprint density at radius 3 is 2.68 bits per heavy atom. The lowest BCUT2D eigenvalue weighted by Crippen LogP contribution is -2.17. The third kappa shape index (κ3) is 2.92. The van der Waals surface area contributed by atoms with E-state index in [0.717, 1.165) is 0 Å². The molecule has 0 aliphatic carbocycles. The molecular formula is C9H12N6O4. The van der Waals surface area contributed by atoms with Crippen LogP contribution in [0, 0.1) is 10.1 Å². The Bertz CT molecular complexity index is 561. The van der Waals surface area contributed by atoms with Crippen molar-refractivity contribution < 1.29 is 15.1 Å². The Balaban J connectivity index is 2.08. The van der Waals surface area contributed by atoms with E-state index in [9.17, 15) is 10.1 Å². The van der Waals surface area contributed by atoms with E-state index in [2.05, 4.69) is 15.3 Å². The number of aliphatic hydroxyl groups is 2. The number of nitro groups is 1. The molecule has 2 N–H and O–H groups in total. The van der Waals surface area contributed by atoms with Crippen LogP contribution in [0.5, 0.6) is 0 Å².